The average molecular weight is 301 g/mol. The number of anilines is 1. The van der Waals surface area contributed by atoms with E-state index < -0.39 is 11.7 Å². The third kappa shape index (κ3) is 3.11. The minimum atomic E-state index is -4.45. The van der Waals surface area contributed by atoms with Crippen molar-refractivity contribution in [2.24, 2.45) is 0 Å². The fourth-order valence-corrected chi connectivity index (χ4v) is 2.42. The summed E-state index contributed by atoms with van der Waals surface area (Å²) in [5, 5.41) is 18.9. The van der Waals surface area contributed by atoms with Gasteiger partial charge in [-0.15, -0.1) is 0 Å². The highest BCUT2D eigenvalue weighted by Crippen LogP contribution is 2.40. The highest BCUT2D eigenvalue weighted by atomic mass is 32.2. The van der Waals surface area contributed by atoms with E-state index >= 15 is 0 Å². The van der Waals surface area contributed by atoms with Crippen molar-refractivity contribution >= 4 is 17.4 Å². The second-order valence-corrected chi connectivity index (χ2v) is 5.09. The van der Waals surface area contributed by atoms with E-state index in [1.165, 1.54) is 24.3 Å². The van der Waals surface area contributed by atoms with E-state index in [9.17, 15) is 23.4 Å². The highest BCUT2D eigenvalue weighted by Gasteiger charge is 2.30. The molecule has 0 radical (unpaired) electrons. The number of halogens is 3. The number of benzene rings is 2. The maximum absolute atomic E-state index is 12.5. The molecule has 106 valence electrons. The van der Waals surface area contributed by atoms with Gasteiger partial charge in [-0.3, -0.25) is 0 Å². The molecular weight excluding hydrogens is 291 g/mol. The molecule has 0 saturated heterocycles. The minimum Gasteiger partial charge on any atom is -0.508 e. The maximum Gasteiger partial charge on any atom is 0.416 e. The largest absolute Gasteiger partial charge is 0.508 e. The molecule has 7 heteroatoms. The van der Waals surface area contributed by atoms with E-state index in [4.69, 9.17) is 5.73 Å². The van der Waals surface area contributed by atoms with Gasteiger partial charge in [0.15, 0.2) is 0 Å². The molecule has 0 aliphatic heterocycles. The van der Waals surface area contributed by atoms with E-state index in [1.54, 1.807) is 0 Å². The molecule has 2 aromatic carbocycles. The van der Waals surface area contributed by atoms with Crippen LogP contribution in [0, 0.1) is 0 Å². The average Bonchev–Trinajstić information content (AvgIpc) is 2.35. The fourth-order valence-electron chi connectivity index (χ4n) is 1.52. The van der Waals surface area contributed by atoms with Crippen molar-refractivity contribution in [2.75, 3.05) is 5.73 Å². The first-order valence-corrected chi connectivity index (χ1v) is 6.25. The molecule has 0 atom stereocenters. The van der Waals surface area contributed by atoms with Gasteiger partial charge in [0.1, 0.15) is 11.5 Å². The van der Waals surface area contributed by atoms with Crippen LogP contribution in [0.4, 0.5) is 18.9 Å². The summed E-state index contributed by atoms with van der Waals surface area (Å²) in [5.41, 5.74) is 4.71. The number of alkyl halides is 3. The van der Waals surface area contributed by atoms with E-state index in [1.807, 2.05) is 0 Å². The van der Waals surface area contributed by atoms with Crippen LogP contribution in [0.5, 0.6) is 11.5 Å². The molecule has 0 fully saturated rings. The summed E-state index contributed by atoms with van der Waals surface area (Å²) in [4.78, 5) is 0.662. The topological polar surface area (TPSA) is 66.5 Å². The van der Waals surface area contributed by atoms with Gasteiger partial charge in [-0.2, -0.15) is 13.2 Å². The number of aromatic hydroxyl groups is 2. The predicted molar refractivity (Wildman–Crippen MR) is 69.8 cm³/mol. The van der Waals surface area contributed by atoms with Crippen molar-refractivity contribution in [1.82, 2.24) is 0 Å². The summed E-state index contributed by atoms with van der Waals surface area (Å²) >= 11 is 0.972. The molecule has 0 unspecified atom stereocenters. The Morgan fingerprint density at radius 3 is 2.25 bits per heavy atom. The Hall–Kier alpha value is -2.02. The first-order chi connectivity index (χ1) is 9.27. The maximum atomic E-state index is 12.5. The monoisotopic (exact) mass is 301 g/mol. The number of hydrogen-bond donors (Lipinski definition) is 3. The number of phenols is 2. The molecule has 2 aromatic rings. The van der Waals surface area contributed by atoms with Crippen molar-refractivity contribution in [1.29, 1.82) is 0 Å². The minimum absolute atomic E-state index is 0.0485. The van der Waals surface area contributed by atoms with Crippen molar-refractivity contribution in [3.8, 4) is 11.5 Å². The SMILES string of the molecule is Nc1cc(C(F)(F)F)ccc1Sc1cc(O)ccc1O. The summed E-state index contributed by atoms with van der Waals surface area (Å²) in [6, 6.07) is 6.87. The number of rotatable bonds is 2. The van der Waals surface area contributed by atoms with Gasteiger partial charge in [0.25, 0.3) is 0 Å². The van der Waals surface area contributed by atoms with Crippen LogP contribution < -0.4 is 5.73 Å². The van der Waals surface area contributed by atoms with Gasteiger partial charge in [0.05, 0.1) is 10.5 Å². The van der Waals surface area contributed by atoms with Crippen molar-refractivity contribution in [3.63, 3.8) is 0 Å². The Morgan fingerprint density at radius 1 is 0.950 bits per heavy atom. The van der Waals surface area contributed by atoms with Crippen LogP contribution in [-0.2, 0) is 6.18 Å². The molecule has 0 aliphatic rings. The molecule has 0 saturated carbocycles. The summed E-state index contributed by atoms with van der Waals surface area (Å²) in [6.45, 7) is 0. The fraction of sp³-hybridized carbons (Fsp3) is 0.0769. The molecule has 20 heavy (non-hydrogen) atoms. The third-order valence-electron chi connectivity index (χ3n) is 2.50. The van der Waals surface area contributed by atoms with Gasteiger partial charge >= 0.3 is 6.18 Å². The molecule has 4 N–H and O–H groups in total. The second kappa shape index (κ2) is 5.16. The van der Waals surface area contributed by atoms with E-state index in [0.717, 1.165) is 23.9 Å². The zero-order valence-corrected chi connectivity index (χ0v) is 10.8. The highest BCUT2D eigenvalue weighted by molar-refractivity contribution is 7.99. The Kier molecular flexibility index (Phi) is 3.71. The molecule has 0 spiro atoms. The first-order valence-electron chi connectivity index (χ1n) is 5.44. The Labute approximate surface area is 116 Å². The molecule has 0 aromatic heterocycles. The Balaban J connectivity index is 2.33. The number of nitrogen functional groups attached to an aromatic ring is 1. The van der Waals surface area contributed by atoms with Gasteiger partial charge < -0.3 is 15.9 Å². The van der Waals surface area contributed by atoms with E-state index in [0.29, 0.717) is 9.79 Å². The molecule has 0 heterocycles. The van der Waals surface area contributed by atoms with Crippen LogP contribution in [0.3, 0.4) is 0 Å². The number of nitrogens with two attached hydrogens (primary N) is 1. The molecule has 0 amide bonds. The lowest BCUT2D eigenvalue weighted by molar-refractivity contribution is -0.137. The molecular formula is C13H10F3NO2S. The number of phenolic OH excluding ortho intramolecular Hbond substituents is 2. The standard InChI is InChI=1S/C13H10F3NO2S/c14-13(15,16)7-1-4-11(9(17)5-7)20-12-6-8(18)2-3-10(12)19/h1-6,18-19H,17H2. The van der Waals surface area contributed by atoms with Gasteiger partial charge in [-0.1, -0.05) is 11.8 Å². The van der Waals surface area contributed by atoms with Crippen LogP contribution in [-0.4, -0.2) is 10.2 Å². The van der Waals surface area contributed by atoms with Crippen LogP contribution in [0.25, 0.3) is 0 Å². The summed E-state index contributed by atoms with van der Waals surface area (Å²) in [7, 11) is 0. The molecule has 2 rings (SSSR count). The van der Waals surface area contributed by atoms with Crippen molar-refractivity contribution in [2.45, 2.75) is 16.0 Å². The zero-order valence-electron chi connectivity index (χ0n) is 9.98. The lowest BCUT2D eigenvalue weighted by Crippen LogP contribution is -2.05. The van der Waals surface area contributed by atoms with Gasteiger partial charge in [-0.25, -0.2) is 0 Å². The zero-order chi connectivity index (χ0) is 14.9. The van der Waals surface area contributed by atoms with E-state index in [-0.39, 0.29) is 17.2 Å². The van der Waals surface area contributed by atoms with Gasteiger partial charge in [0, 0.05) is 10.6 Å². The van der Waals surface area contributed by atoms with E-state index in [2.05, 4.69) is 0 Å². The first kappa shape index (κ1) is 14.4. The lowest BCUT2D eigenvalue weighted by Gasteiger charge is -2.11. The van der Waals surface area contributed by atoms with Crippen molar-refractivity contribution < 1.29 is 23.4 Å². The van der Waals surface area contributed by atoms with Crippen LogP contribution in [0.2, 0.25) is 0 Å². The number of hydrogen-bond acceptors (Lipinski definition) is 4. The Morgan fingerprint density at radius 2 is 1.65 bits per heavy atom. The predicted octanol–water partition coefficient (Wildman–Crippen LogP) is 3.85. The lowest BCUT2D eigenvalue weighted by atomic mass is 10.2. The quantitative estimate of drug-likeness (QED) is 0.582. The summed E-state index contributed by atoms with van der Waals surface area (Å²) < 4.78 is 37.5. The van der Waals surface area contributed by atoms with Crippen LogP contribution in [0.1, 0.15) is 5.56 Å². The second-order valence-electron chi connectivity index (χ2n) is 4.00. The molecule has 0 aliphatic carbocycles. The smallest absolute Gasteiger partial charge is 0.416 e. The molecule has 3 nitrogen and oxygen atoms in total. The van der Waals surface area contributed by atoms with Gasteiger partial charge in [0.2, 0.25) is 0 Å². The third-order valence-corrected chi connectivity index (χ3v) is 3.64. The normalized spacial score (nSPS) is 11.6. The van der Waals surface area contributed by atoms with Crippen molar-refractivity contribution in [3.05, 3.63) is 42.0 Å². The van der Waals surface area contributed by atoms with Gasteiger partial charge in [-0.05, 0) is 36.4 Å². The summed E-state index contributed by atoms with van der Waals surface area (Å²) in [5.74, 6) is -0.150. The van der Waals surface area contributed by atoms with Crippen LogP contribution in [0.15, 0.2) is 46.2 Å². The molecule has 0 bridgehead atoms. The Bertz CT molecular complexity index is 644. The van der Waals surface area contributed by atoms with Crippen LogP contribution >= 0.6 is 11.8 Å². The summed E-state index contributed by atoms with van der Waals surface area (Å²) in [6.07, 6.45) is -4.45.